The number of thiophene rings is 1. The highest BCUT2D eigenvalue weighted by Gasteiger charge is 2.27. The van der Waals surface area contributed by atoms with Gasteiger partial charge >= 0.3 is 6.18 Å². The van der Waals surface area contributed by atoms with Gasteiger partial charge in [0, 0.05) is 0 Å². The number of anilines is 1. The zero-order chi connectivity index (χ0) is 11.6. The van der Waals surface area contributed by atoms with Crippen molar-refractivity contribution in [1.82, 2.24) is 15.2 Å². The van der Waals surface area contributed by atoms with Crippen molar-refractivity contribution in [3.05, 3.63) is 17.5 Å². The summed E-state index contributed by atoms with van der Waals surface area (Å²) in [6, 6.07) is 3.63. The Kier molecular flexibility index (Phi) is 2.82. The second kappa shape index (κ2) is 4.12. The van der Waals surface area contributed by atoms with Crippen LogP contribution in [0.3, 0.4) is 0 Å². The highest BCUT2D eigenvalue weighted by Crippen LogP contribution is 2.21. The fourth-order valence-electron chi connectivity index (χ4n) is 1.04. The lowest BCUT2D eigenvalue weighted by atomic mass is 10.4. The predicted octanol–water partition coefficient (Wildman–Crippen LogP) is 2.51. The summed E-state index contributed by atoms with van der Waals surface area (Å²) in [6.45, 7) is -1.14. The van der Waals surface area contributed by atoms with Gasteiger partial charge in [-0.1, -0.05) is 6.07 Å². The van der Waals surface area contributed by atoms with Crippen LogP contribution in [0.4, 0.5) is 19.1 Å². The molecule has 2 aromatic rings. The largest absolute Gasteiger partial charge is 0.405 e. The van der Waals surface area contributed by atoms with Crippen LogP contribution >= 0.6 is 11.3 Å². The Morgan fingerprint density at radius 1 is 1.44 bits per heavy atom. The Balaban J connectivity index is 2.03. The summed E-state index contributed by atoms with van der Waals surface area (Å²) in [5, 5.41) is 10.1. The summed E-state index contributed by atoms with van der Waals surface area (Å²) in [6.07, 6.45) is -4.27. The van der Waals surface area contributed by atoms with Gasteiger partial charge in [-0.3, -0.25) is 5.10 Å². The van der Waals surface area contributed by atoms with Gasteiger partial charge in [0.05, 0.1) is 4.88 Å². The van der Waals surface area contributed by atoms with Crippen LogP contribution in [0.2, 0.25) is 0 Å². The standard InChI is InChI=1S/C8H7F3N4S/c9-8(10,11)4-12-7-13-6(14-15-7)5-2-1-3-16-5/h1-3H,4H2,(H2,12,13,14,15). The van der Waals surface area contributed by atoms with Gasteiger partial charge < -0.3 is 5.32 Å². The Hall–Kier alpha value is -1.57. The van der Waals surface area contributed by atoms with Crippen LogP contribution in [0.25, 0.3) is 10.7 Å². The van der Waals surface area contributed by atoms with E-state index in [0.717, 1.165) is 4.88 Å². The van der Waals surface area contributed by atoms with Crippen LogP contribution in [0, 0.1) is 0 Å². The van der Waals surface area contributed by atoms with Crippen molar-refractivity contribution in [3.63, 3.8) is 0 Å². The van der Waals surface area contributed by atoms with Gasteiger partial charge in [-0.25, -0.2) is 0 Å². The van der Waals surface area contributed by atoms with Gasteiger partial charge in [0.15, 0.2) is 5.82 Å². The summed E-state index contributed by atoms with van der Waals surface area (Å²) in [4.78, 5) is 4.71. The molecular weight excluding hydrogens is 241 g/mol. The molecule has 0 amide bonds. The van der Waals surface area contributed by atoms with E-state index in [-0.39, 0.29) is 5.95 Å². The van der Waals surface area contributed by atoms with Gasteiger partial charge in [0.1, 0.15) is 6.54 Å². The lowest BCUT2D eigenvalue weighted by Crippen LogP contribution is -2.21. The molecule has 8 heteroatoms. The maximum atomic E-state index is 11.9. The molecular formula is C8H7F3N4S. The average molecular weight is 248 g/mol. The molecule has 0 saturated heterocycles. The van der Waals surface area contributed by atoms with E-state index >= 15 is 0 Å². The highest BCUT2D eigenvalue weighted by atomic mass is 32.1. The molecule has 0 aliphatic carbocycles. The number of hydrogen-bond donors (Lipinski definition) is 2. The number of aromatic nitrogens is 3. The number of nitrogens with zero attached hydrogens (tertiary/aromatic N) is 2. The molecule has 2 N–H and O–H groups in total. The molecule has 2 aromatic heterocycles. The topological polar surface area (TPSA) is 53.6 Å². The smallest absolute Gasteiger partial charge is 0.344 e. The van der Waals surface area contributed by atoms with Crippen molar-refractivity contribution in [1.29, 1.82) is 0 Å². The summed E-state index contributed by atoms with van der Waals surface area (Å²) < 4.78 is 35.7. The Bertz CT molecular complexity index is 448. The van der Waals surface area contributed by atoms with Crippen LogP contribution in [-0.2, 0) is 0 Å². The van der Waals surface area contributed by atoms with E-state index in [1.54, 1.807) is 6.07 Å². The lowest BCUT2D eigenvalue weighted by Gasteiger charge is -2.04. The second-order valence-corrected chi connectivity index (χ2v) is 3.90. The maximum absolute atomic E-state index is 11.9. The van der Waals surface area contributed by atoms with E-state index in [0.29, 0.717) is 5.82 Å². The van der Waals surface area contributed by atoms with Crippen molar-refractivity contribution in [3.8, 4) is 10.7 Å². The molecule has 0 atom stereocenters. The Morgan fingerprint density at radius 2 is 2.25 bits per heavy atom. The first-order valence-electron chi connectivity index (χ1n) is 4.31. The molecule has 86 valence electrons. The maximum Gasteiger partial charge on any atom is 0.405 e. The zero-order valence-electron chi connectivity index (χ0n) is 7.88. The molecule has 0 bridgehead atoms. The molecule has 0 aliphatic heterocycles. The minimum atomic E-state index is -4.27. The first-order valence-corrected chi connectivity index (χ1v) is 5.19. The van der Waals surface area contributed by atoms with E-state index in [4.69, 9.17) is 0 Å². The number of H-pyrrole nitrogens is 1. The third kappa shape index (κ3) is 2.72. The van der Waals surface area contributed by atoms with Crippen molar-refractivity contribution in [2.24, 2.45) is 0 Å². The molecule has 0 unspecified atom stereocenters. The summed E-state index contributed by atoms with van der Waals surface area (Å²) >= 11 is 1.43. The minimum Gasteiger partial charge on any atom is -0.344 e. The van der Waals surface area contributed by atoms with Crippen molar-refractivity contribution >= 4 is 17.3 Å². The molecule has 0 aromatic carbocycles. The van der Waals surface area contributed by atoms with Gasteiger partial charge in [0.2, 0.25) is 5.95 Å². The highest BCUT2D eigenvalue weighted by molar-refractivity contribution is 7.13. The van der Waals surface area contributed by atoms with E-state index in [1.807, 2.05) is 11.4 Å². The quantitative estimate of drug-likeness (QED) is 0.877. The molecule has 0 saturated carbocycles. The first kappa shape index (κ1) is 10.9. The number of halogens is 3. The van der Waals surface area contributed by atoms with Crippen molar-refractivity contribution in [2.45, 2.75) is 6.18 Å². The predicted molar refractivity (Wildman–Crippen MR) is 54.2 cm³/mol. The Morgan fingerprint density at radius 3 is 2.88 bits per heavy atom. The molecule has 4 nitrogen and oxygen atoms in total. The van der Waals surface area contributed by atoms with Gasteiger partial charge in [-0.2, -0.15) is 18.2 Å². The number of aromatic amines is 1. The molecule has 2 heterocycles. The average Bonchev–Trinajstić information content (AvgIpc) is 2.84. The Labute approximate surface area is 92.5 Å². The third-order valence-corrected chi connectivity index (χ3v) is 2.56. The van der Waals surface area contributed by atoms with Gasteiger partial charge in [-0.05, 0) is 11.4 Å². The lowest BCUT2D eigenvalue weighted by molar-refractivity contribution is -0.115. The van der Waals surface area contributed by atoms with Crippen LogP contribution in [0.15, 0.2) is 17.5 Å². The fraction of sp³-hybridized carbons (Fsp3) is 0.250. The van der Waals surface area contributed by atoms with Crippen molar-refractivity contribution in [2.75, 3.05) is 11.9 Å². The molecule has 0 fully saturated rings. The van der Waals surface area contributed by atoms with Gasteiger partial charge in [-0.15, -0.1) is 16.4 Å². The van der Waals surface area contributed by atoms with Crippen molar-refractivity contribution < 1.29 is 13.2 Å². The molecule has 2 rings (SSSR count). The zero-order valence-corrected chi connectivity index (χ0v) is 8.69. The minimum absolute atomic E-state index is 0.0549. The number of rotatable bonds is 3. The number of nitrogens with one attached hydrogen (secondary N) is 2. The summed E-state index contributed by atoms with van der Waals surface area (Å²) in [7, 11) is 0. The van der Waals surface area contributed by atoms with E-state index < -0.39 is 12.7 Å². The molecule has 16 heavy (non-hydrogen) atoms. The molecule has 0 radical (unpaired) electrons. The van der Waals surface area contributed by atoms with E-state index in [2.05, 4.69) is 20.5 Å². The third-order valence-electron chi connectivity index (χ3n) is 1.69. The molecule has 0 aliphatic rings. The first-order chi connectivity index (χ1) is 7.54. The number of hydrogen-bond acceptors (Lipinski definition) is 4. The van der Waals surface area contributed by atoms with E-state index in [9.17, 15) is 13.2 Å². The van der Waals surface area contributed by atoms with Crippen LogP contribution in [0.1, 0.15) is 0 Å². The number of alkyl halides is 3. The van der Waals surface area contributed by atoms with Crippen LogP contribution in [0.5, 0.6) is 0 Å². The second-order valence-electron chi connectivity index (χ2n) is 2.95. The fourth-order valence-corrected chi connectivity index (χ4v) is 1.71. The van der Waals surface area contributed by atoms with Crippen LogP contribution < -0.4 is 5.32 Å². The summed E-state index contributed by atoms with van der Waals surface area (Å²) in [5.74, 6) is 0.403. The van der Waals surface area contributed by atoms with E-state index in [1.165, 1.54) is 11.3 Å². The SMILES string of the molecule is FC(F)(F)CNc1n[nH]c(-c2cccs2)n1. The monoisotopic (exact) mass is 248 g/mol. The van der Waals surface area contributed by atoms with Crippen LogP contribution in [-0.4, -0.2) is 27.9 Å². The summed E-state index contributed by atoms with van der Waals surface area (Å²) in [5.41, 5.74) is 0. The normalized spacial score (nSPS) is 11.7. The van der Waals surface area contributed by atoms with Gasteiger partial charge in [0.25, 0.3) is 0 Å². The molecule has 0 spiro atoms.